The molecule has 1 saturated heterocycles. The molecular weight excluding hydrogens is 349 g/mol. The molecule has 1 aliphatic rings. The van der Waals surface area contributed by atoms with E-state index in [0.29, 0.717) is 17.3 Å². The molecule has 0 bridgehead atoms. The number of nitrogens with zero attached hydrogens (tertiary/aromatic N) is 2. The summed E-state index contributed by atoms with van der Waals surface area (Å²) < 4.78 is 5.57. The second-order valence-electron chi connectivity index (χ2n) is 5.34. The van der Waals surface area contributed by atoms with Gasteiger partial charge in [0, 0.05) is 37.1 Å². The number of ether oxygens (including phenoxy) is 1. The number of amides is 1. The van der Waals surface area contributed by atoms with Crippen molar-refractivity contribution in [3.05, 3.63) is 59.4 Å². The van der Waals surface area contributed by atoms with Crippen LogP contribution in [0.2, 0.25) is 5.02 Å². The van der Waals surface area contributed by atoms with Crippen molar-refractivity contribution in [1.82, 2.24) is 15.2 Å². The van der Waals surface area contributed by atoms with E-state index in [9.17, 15) is 4.79 Å². The lowest BCUT2D eigenvalue weighted by atomic mass is 10.1. The highest BCUT2D eigenvalue weighted by atomic mass is 35.5. The summed E-state index contributed by atoms with van der Waals surface area (Å²) in [5, 5.41) is 3.96. The molecule has 24 heavy (non-hydrogen) atoms. The van der Waals surface area contributed by atoms with Crippen LogP contribution in [0.15, 0.2) is 48.8 Å². The number of pyridine rings is 1. The Bertz CT molecular complexity index is 653. The maximum absolute atomic E-state index is 12.5. The second kappa shape index (κ2) is 8.87. The maximum atomic E-state index is 12.5. The van der Waals surface area contributed by atoms with Crippen LogP contribution in [0.5, 0.6) is 5.75 Å². The first-order chi connectivity index (χ1) is 11.2. The topological polar surface area (TPSA) is 54.5 Å². The standard InChI is InChI=1S/C17H18ClN3O2.ClH/c18-14-3-5-15(6-4-14)23-12-17(22)21-9-8-20-11-16(21)13-2-1-7-19-10-13;/h1-7,10,16,20H,8-9,11-12H2;1H. The minimum Gasteiger partial charge on any atom is -0.484 e. The first-order valence-electron chi connectivity index (χ1n) is 7.52. The normalized spacial score (nSPS) is 17.0. The van der Waals surface area contributed by atoms with Gasteiger partial charge in [-0.2, -0.15) is 0 Å². The molecule has 1 aromatic carbocycles. The molecule has 2 aromatic rings. The molecule has 3 rings (SSSR count). The molecule has 1 amide bonds. The molecular formula is C17H19Cl2N3O2. The lowest BCUT2D eigenvalue weighted by Crippen LogP contribution is -2.50. The number of halogens is 2. The summed E-state index contributed by atoms with van der Waals surface area (Å²) in [6.07, 6.45) is 3.54. The number of aromatic nitrogens is 1. The predicted molar refractivity (Wildman–Crippen MR) is 95.8 cm³/mol. The van der Waals surface area contributed by atoms with Crippen LogP contribution in [0.4, 0.5) is 0 Å². The van der Waals surface area contributed by atoms with Gasteiger partial charge in [-0.15, -0.1) is 12.4 Å². The number of carbonyl (C=O) groups is 1. The average molecular weight is 368 g/mol. The molecule has 0 radical (unpaired) electrons. The van der Waals surface area contributed by atoms with Crippen molar-refractivity contribution in [3.8, 4) is 5.75 Å². The molecule has 128 valence electrons. The lowest BCUT2D eigenvalue weighted by molar-refractivity contribution is -0.136. The summed E-state index contributed by atoms with van der Waals surface area (Å²) >= 11 is 5.84. The Kier molecular flexibility index (Phi) is 6.85. The molecule has 1 fully saturated rings. The number of piperazine rings is 1. The molecule has 5 nitrogen and oxygen atoms in total. The molecule has 1 atom stereocenters. The molecule has 1 unspecified atom stereocenters. The van der Waals surface area contributed by atoms with Crippen LogP contribution in [-0.4, -0.2) is 42.0 Å². The Balaban J connectivity index is 0.00000208. The molecule has 1 aromatic heterocycles. The number of rotatable bonds is 4. The van der Waals surface area contributed by atoms with E-state index < -0.39 is 0 Å². The summed E-state index contributed by atoms with van der Waals surface area (Å²) in [6.45, 7) is 2.17. The maximum Gasteiger partial charge on any atom is 0.261 e. The van der Waals surface area contributed by atoms with Gasteiger partial charge in [-0.1, -0.05) is 17.7 Å². The van der Waals surface area contributed by atoms with Crippen LogP contribution in [0.1, 0.15) is 11.6 Å². The van der Waals surface area contributed by atoms with E-state index >= 15 is 0 Å². The van der Waals surface area contributed by atoms with Gasteiger partial charge in [0.15, 0.2) is 6.61 Å². The van der Waals surface area contributed by atoms with Gasteiger partial charge in [-0.25, -0.2) is 0 Å². The smallest absolute Gasteiger partial charge is 0.261 e. The fraction of sp³-hybridized carbons (Fsp3) is 0.294. The zero-order chi connectivity index (χ0) is 16.1. The molecule has 0 aliphatic carbocycles. The van der Waals surface area contributed by atoms with Gasteiger partial charge in [0.1, 0.15) is 5.75 Å². The summed E-state index contributed by atoms with van der Waals surface area (Å²) in [6, 6.07) is 10.9. The predicted octanol–water partition coefficient (Wildman–Crippen LogP) is 2.71. The Morgan fingerprint density at radius 3 is 2.83 bits per heavy atom. The van der Waals surface area contributed by atoms with Crippen LogP contribution < -0.4 is 10.1 Å². The fourth-order valence-corrected chi connectivity index (χ4v) is 2.76. The van der Waals surface area contributed by atoms with Gasteiger partial charge >= 0.3 is 0 Å². The molecule has 0 saturated carbocycles. The summed E-state index contributed by atoms with van der Waals surface area (Å²) in [5.74, 6) is 0.603. The van der Waals surface area contributed by atoms with Crippen LogP contribution in [0.3, 0.4) is 0 Å². The van der Waals surface area contributed by atoms with Crippen LogP contribution in [0.25, 0.3) is 0 Å². The van der Waals surface area contributed by atoms with E-state index in [4.69, 9.17) is 16.3 Å². The number of carbonyl (C=O) groups excluding carboxylic acids is 1. The van der Waals surface area contributed by atoms with Gasteiger partial charge in [-0.3, -0.25) is 9.78 Å². The quantitative estimate of drug-likeness (QED) is 0.902. The van der Waals surface area contributed by atoms with Gasteiger partial charge in [0.25, 0.3) is 5.91 Å². The molecule has 1 aliphatic heterocycles. The van der Waals surface area contributed by atoms with E-state index in [1.807, 2.05) is 17.0 Å². The third-order valence-corrected chi connectivity index (χ3v) is 4.06. The van der Waals surface area contributed by atoms with Gasteiger partial charge in [0.2, 0.25) is 0 Å². The van der Waals surface area contributed by atoms with Gasteiger partial charge < -0.3 is 15.0 Å². The summed E-state index contributed by atoms with van der Waals surface area (Å²) in [5.41, 5.74) is 1.03. The zero-order valence-electron chi connectivity index (χ0n) is 13.0. The first-order valence-corrected chi connectivity index (χ1v) is 7.90. The largest absolute Gasteiger partial charge is 0.484 e. The van der Waals surface area contributed by atoms with E-state index in [2.05, 4.69) is 10.3 Å². The van der Waals surface area contributed by atoms with Crippen molar-refractivity contribution in [1.29, 1.82) is 0 Å². The van der Waals surface area contributed by atoms with Crippen molar-refractivity contribution in [3.63, 3.8) is 0 Å². The zero-order valence-corrected chi connectivity index (χ0v) is 14.6. The molecule has 1 N–H and O–H groups in total. The van der Waals surface area contributed by atoms with Crippen molar-refractivity contribution < 1.29 is 9.53 Å². The Hall–Kier alpha value is -1.82. The SMILES string of the molecule is Cl.O=C(COc1ccc(Cl)cc1)N1CCNCC1c1cccnc1. The van der Waals surface area contributed by atoms with Gasteiger partial charge in [-0.05, 0) is 35.9 Å². The fourth-order valence-electron chi connectivity index (χ4n) is 2.63. The Morgan fingerprint density at radius 1 is 1.33 bits per heavy atom. The van der Waals surface area contributed by atoms with E-state index in [0.717, 1.165) is 18.7 Å². The van der Waals surface area contributed by atoms with Gasteiger partial charge in [0.05, 0.1) is 6.04 Å². The average Bonchev–Trinajstić information content (AvgIpc) is 2.62. The number of hydrogen-bond donors (Lipinski definition) is 1. The monoisotopic (exact) mass is 367 g/mol. The van der Waals surface area contributed by atoms with E-state index in [1.165, 1.54) is 0 Å². The molecule has 7 heteroatoms. The van der Waals surface area contributed by atoms with Crippen LogP contribution >= 0.6 is 24.0 Å². The van der Waals surface area contributed by atoms with Crippen LogP contribution in [-0.2, 0) is 4.79 Å². The van der Waals surface area contributed by atoms with Crippen molar-refractivity contribution >= 4 is 29.9 Å². The van der Waals surface area contributed by atoms with E-state index in [-0.39, 0.29) is 31.0 Å². The second-order valence-corrected chi connectivity index (χ2v) is 5.77. The number of nitrogens with one attached hydrogen (secondary N) is 1. The Labute approximate surface area is 152 Å². The minimum atomic E-state index is -0.0321. The minimum absolute atomic E-state index is 0. The Morgan fingerprint density at radius 2 is 2.12 bits per heavy atom. The summed E-state index contributed by atoms with van der Waals surface area (Å²) in [7, 11) is 0. The van der Waals surface area contributed by atoms with Crippen molar-refractivity contribution in [2.24, 2.45) is 0 Å². The molecule has 2 heterocycles. The number of hydrogen-bond acceptors (Lipinski definition) is 4. The lowest BCUT2D eigenvalue weighted by Gasteiger charge is -2.36. The highest BCUT2D eigenvalue weighted by Crippen LogP contribution is 2.22. The molecule has 0 spiro atoms. The van der Waals surface area contributed by atoms with Crippen LogP contribution in [0, 0.1) is 0 Å². The summed E-state index contributed by atoms with van der Waals surface area (Å²) in [4.78, 5) is 18.5. The third-order valence-electron chi connectivity index (χ3n) is 3.81. The highest BCUT2D eigenvalue weighted by Gasteiger charge is 2.28. The van der Waals surface area contributed by atoms with Crippen molar-refractivity contribution in [2.75, 3.05) is 26.2 Å². The number of benzene rings is 1. The third kappa shape index (κ3) is 4.60. The first kappa shape index (κ1) is 18.5. The van der Waals surface area contributed by atoms with E-state index in [1.54, 1.807) is 36.7 Å². The highest BCUT2D eigenvalue weighted by molar-refractivity contribution is 6.30. The van der Waals surface area contributed by atoms with Crippen molar-refractivity contribution in [2.45, 2.75) is 6.04 Å².